The second-order valence-electron chi connectivity index (χ2n) is 6.50. The molecule has 134 valence electrons. The molecule has 0 aliphatic carbocycles. The first-order valence-electron chi connectivity index (χ1n) is 9.11. The Balaban J connectivity index is 0.00000484. The maximum Gasteiger partial charge on any atom is 0.123 e. The molecule has 0 aliphatic rings. The van der Waals surface area contributed by atoms with Gasteiger partial charge in [0, 0.05) is 0 Å². The SMILES string of the molecule is CCCCCCCCCCCC(CS)Cc1ccc(F)cc1.Cl. The molecule has 1 aromatic carbocycles. The molecule has 0 saturated heterocycles. The summed E-state index contributed by atoms with van der Waals surface area (Å²) in [5.74, 6) is 1.40. The number of thiol groups is 1. The van der Waals surface area contributed by atoms with Gasteiger partial charge in [-0.1, -0.05) is 76.8 Å². The van der Waals surface area contributed by atoms with Crippen molar-refractivity contribution in [3.8, 4) is 0 Å². The van der Waals surface area contributed by atoms with E-state index < -0.39 is 0 Å². The van der Waals surface area contributed by atoms with Crippen LogP contribution in [0.15, 0.2) is 24.3 Å². The molecule has 0 amide bonds. The second kappa shape index (κ2) is 15.3. The van der Waals surface area contributed by atoms with Gasteiger partial charge in [-0.15, -0.1) is 12.4 Å². The standard InChI is InChI=1S/C20H33FS.ClH/c1-2-3-4-5-6-7-8-9-10-11-19(17-22)16-18-12-14-20(21)15-13-18;/h12-15,19,22H,2-11,16-17H2,1H3;1H. The Morgan fingerprint density at radius 1 is 0.870 bits per heavy atom. The van der Waals surface area contributed by atoms with Crippen LogP contribution in [-0.4, -0.2) is 5.75 Å². The number of rotatable bonds is 13. The minimum absolute atomic E-state index is 0. The molecule has 0 aromatic heterocycles. The van der Waals surface area contributed by atoms with E-state index in [9.17, 15) is 4.39 Å². The molecular weight excluding hydrogens is 327 g/mol. The Morgan fingerprint density at radius 3 is 1.91 bits per heavy atom. The lowest BCUT2D eigenvalue weighted by Crippen LogP contribution is -2.06. The van der Waals surface area contributed by atoms with Crippen LogP contribution < -0.4 is 0 Å². The largest absolute Gasteiger partial charge is 0.207 e. The first kappa shape index (κ1) is 22.8. The molecular formula is C20H34ClFS. The first-order chi connectivity index (χ1) is 10.8. The van der Waals surface area contributed by atoms with Crippen LogP contribution in [0.1, 0.15) is 76.7 Å². The monoisotopic (exact) mass is 360 g/mol. The summed E-state index contributed by atoms with van der Waals surface area (Å²) in [5, 5.41) is 0. The molecule has 0 radical (unpaired) electrons. The third-order valence-corrected chi connectivity index (χ3v) is 4.93. The van der Waals surface area contributed by atoms with Crippen LogP contribution in [0.3, 0.4) is 0 Å². The van der Waals surface area contributed by atoms with Gasteiger partial charge in [-0.2, -0.15) is 12.6 Å². The summed E-state index contributed by atoms with van der Waals surface area (Å²) in [7, 11) is 0. The summed E-state index contributed by atoms with van der Waals surface area (Å²) in [5.41, 5.74) is 1.23. The van der Waals surface area contributed by atoms with Crippen molar-refractivity contribution in [2.45, 2.75) is 77.6 Å². The molecule has 1 rings (SSSR count). The maximum atomic E-state index is 12.9. The van der Waals surface area contributed by atoms with Crippen LogP contribution in [0.5, 0.6) is 0 Å². The fraction of sp³-hybridized carbons (Fsp3) is 0.700. The van der Waals surface area contributed by atoms with Crippen molar-refractivity contribution in [1.29, 1.82) is 0 Å². The molecule has 0 nitrogen and oxygen atoms in total. The van der Waals surface area contributed by atoms with Gasteiger partial charge >= 0.3 is 0 Å². The van der Waals surface area contributed by atoms with Crippen LogP contribution >= 0.6 is 25.0 Å². The Bertz CT molecular complexity index is 366. The Hall–Kier alpha value is -0.210. The number of unbranched alkanes of at least 4 members (excludes halogenated alkanes) is 8. The van der Waals surface area contributed by atoms with Crippen molar-refractivity contribution < 1.29 is 4.39 Å². The highest BCUT2D eigenvalue weighted by molar-refractivity contribution is 7.80. The summed E-state index contributed by atoms with van der Waals surface area (Å²) in [4.78, 5) is 0. The minimum Gasteiger partial charge on any atom is -0.207 e. The normalized spacial score (nSPS) is 12.0. The van der Waals surface area contributed by atoms with Gasteiger partial charge < -0.3 is 0 Å². The summed E-state index contributed by atoms with van der Waals surface area (Å²) in [6, 6.07) is 6.93. The van der Waals surface area contributed by atoms with Crippen molar-refractivity contribution in [1.82, 2.24) is 0 Å². The fourth-order valence-electron chi connectivity index (χ4n) is 2.96. The van der Waals surface area contributed by atoms with Crippen LogP contribution in [0.2, 0.25) is 0 Å². The molecule has 0 bridgehead atoms. The average Bonchev–Trinajstić information content (AvgIpc) is 2.54. The summed E-state index contributed by atoms with van der Waals surface area (Å²) in [6.45, 7) is 2.27. The lowest BCUT2D eigenvalue weighted by Gasteiger charge is -2.14. The van der Waals surface area contributed by atoms with E-state index in [0.29, 0.717) is 5.92 Å². The molecule has 0 N–H and O–H groups in total. The van der Waals surface area contributed by atoms with Crippen molar-refractivity contribution in [3.05, 3.63) is 35.6 Å². The lowest BCUT2D eigenvalue weighted by atomic mass is 9.95. The molecule has 1 aromatic rings. The topological polar surface area (TPSA) is 0 Å². The molecule has 1 unspecified atom stereocenters. The number of benzene rings is 1. The van der Waals surface area contributed by atoms with E-state index >= 15 is 0 Å². The van der Waals surface area contributed by atoms with E-state index in [2.05, 4.69) is 19.6 Å². The van der Waals surface area contributed by atoms with E-state index in [0.717, 1.165) is 12.2 Å². The predicted octanol–water partition coefficient (Wildman–Crippen LogP) is 7.26. The molecule has 0 heterocycles. The van der Waals surface area contributed by atoms with Gasteiger partial charge in [0.25, 0.3) is 0 Å². The van der Waals surface area contributed by atoms with Gasteiger partial charge in [-0.25, -0.2) is 4.39 Å². The van der Waals surface area contributed by atoms with E-state index in [1.54, 1.807) is 12.1 Å². The van der Waals surface area contributed by atoms with E-state index in [4.69, 9.17) is 0 Å². The van der Waals surface area contributed by atoms with Crippen molar-refractivity contribution in [3.63, 3.8) is 0 Å². The molecule has 3 heteroatoms. The van der Waals surface area contributed by atoms with Crippen molar-refractivity contribution in [2.75, 3.05) is 5.75 Å². The summed E-state index contributed by atoms with van der Waals surface area (Å²) >= 11 is 4.48. The Morgan fingerprint density at radius 2 is 1.39 bits per heavy atom. The smallest absolute Gasteiger partial charge is 0.123 e. The highest BCUT2D eigenvalue weighted by atomic mass is 35.5. The average molecular weight is 361 g/mol. The van der Waals surface area contributed by atoms with E-state index in [1.165, 1.54) is 69.8 Å². The van der Waals surface area contributed by atoms with Gasteiger partial charge in [-0.05, 0) is 42.2 Å². The molecule has 1 atom stereocenters. The van der Waals surface area contributed by atoms with E-state index in [-0.39, 0.29) is 18.2 Å². The highest BCUT2D eigenvalue weighted by Gasteiger charge is 2.08. The zero-order valence-corrected chi connectivity index (χ0v) is 16.3. The van der Waals surface area contributed by atoms with Gasteiger partial charge in [0.1, 0.15) is 5.82 Å². The Kier molecular flexibility index (Phi) is 15.2. The highest BCUT2D eigenvalue weighted by Crippen LogP contribution is 2.19. The number of hydrogen-bond donors (Lipinski definition) is 1. The summed E-state index contributed by atoms with van der Waals surface area (Å²) < 4.78 is 12.9. The van der Waals surface area contributed by atoms with Gasteiger partial charge in [0.15, 0.2) is 0 Å². The van der Waals surface area contributed by atoms with Crippen LogP contribution in [0.25, 0.3) is 0 Å². The Labute approximate surface area is 154 Å². The molecule has 0 fully saturated rings. The third kappa shape index (κ3) is 11.9. The van der Waals surface area contributed by atoms with Crippen LogP contribution in [0, 0.1) is 11.7 Å². The third-order valence-electron chi connectivity index (χ3n) is 4.41. The predicted molar refractivity (Wildman–Crippen MR) is 107 cm³/mol. The number of hydrogen-bond acceptors (Lipinski definition) is 1. The zero-order chi connectivity index (χ0) is 16.0. The quantitative estimate of drug-likeness (QED) is 0.278. The van der Waals surface area contributed by atoms with Crippen LogP contribution in [-0.2, 0) is 6.42 Å². The van der Waals surface area contributed by atoms with Crippen LogP contribution in [0.4, 0.5) is 4.39 Å². The van der Waals surface area contributed by atoms with Crippen molar-refractivity contribution in [2.24, 2.45) is 5.92 Å². The second-order valence-corrected chi connectivity index (χ2v) is 6.86. The van der Waals surface area contributed by atoms with Gasteiger partial charge in [0.2, 0.25) is 0 Å². The zero-order valence-electron chi connectivity index (χ0n) is 14.6. The number of halogens is 2. The fourth-order valence-corrected chi connectivity index (χ4v) is 3.27. The van der Waals surface area contributed by atoms with Gasteiger partial charge in [0.05, 0.1) is 0 Å². The first-order valence-corrected chi connectivity index (χ1v) is 9.74. The minimum atomic E-state index is -0.148. The lowest BCUT2D eigenvalue weighted by molar-refractivity contribution is 0.484. The molecule has 0 aliphatic heterocycles. The molecule has 0 saturated carbocycles. The van der Waals surface area contributed by atoms with Crippen molar-refractivity contribution >= 4 is 25.0 Å². The molecule has 0 spiro atoms. The van der Waals surface area contributed by atoms with E-state index in [1.807, 2.05) is 12.1 Å². The van der Waals surface area contributed by atoms with Gasteiger partial charge in [-0.3, -0.25) is 0 Å². The summed E-state index contributed by atoms with van der Waals surface area (Å²) in [6.07, 6.45) is 14.7. The molecule has 23 heavy (non-hydrogen) atoms. The maximum absolute atomic E-state index is 12.9.